The average molecular weight is 308 g/mol. The van der Waals surface area contributed by atoms with Crippen LogP contribution >= 0.6 is 15.9 Å². The molecule has 96 valence electrons. The number of hydrogen-bond donors (Lipinski definition) is 2. The molecule has 4 heteroatoms. The lowest BCUT2D eigenvalue weighted by Crippen LogP contribution is -2.14. The molecule has 0 radical (unpaired) electrons. The Labute approximate surface area is 116 Å². The van der Waals surface area contributed by atoms with Gasteiger partial charge in [0.2, 0.25) is 0 Å². The Morgan fingerprint density at radius 2 is 2.00 bits per heavy atom. The quantitative estimate of drug-likeness (QED) is 0.828. The van der Waals surface area contributed by atoms with Gasteiger partial charge in [0.15, 0.2) is 0 Å². The molecule has 0 atom stereocenters. The van der Waals surface area contributed by atoms with E-state index in [0.29, 0.717) is 0 Å². The molecule has 0 saturated carbocycles. The second-order valence-corrected chi connectivity index (χ2v) is 5.26. The minimum atomic E-state index is 0.797. The van der Waals surface area contributed by atoms with Crippen LogP contribution in [-0.4, -0.2) is 16.5 Å². The Hall–Kier alpha value is -1.13. The summed E-state index contributed by atoms with van der Waals surface area (Å²) in [5.41, 5.74) is 3.30. The van der Waals surface area contributed by atoms with E-state index in [4.69, 9.17) is 0 Å². The maximum absolute atomic E-state index is 4.65. The van der Waals surface area contributed by atoms with Crippen molar-refractivity contribution >= 4 is 15.9 Å². The van der Waals surface area contributed by atoms with Crippen LogP contribution in [0.2, 0.25) is 0 Å². The molecule has 0 unspecified atom stereocenters. The van der Waals surface area contributed by atoms with Gasteiger partial charge in [0.05, 0.1) is 12.2 Å². The number of aromatic amines is 1. The third-order valence-electron chi connectivity index (χ3n) is 2.77. The lowest BCUT2D eigenvalue weighted by Gasteiger charge is -1.99. The summed E-state index contributed by atoms with van der Waals surface area (Å²) in [6, 6.07) is 8.24. The summed E-state index contributed by atoms with van der Waals surface area (Å²) in [7, 11) is 0. The number of imidazole rings is 1. The number of benzene rings is 1. The predicted molar refractivity (Wildman–Crippen MR) is 78.5 cm³/mol. The van der Waals surface area contributed by atoms with Gasteiger partial charge in [-0.15, -0.1) is 0 Å². The first-order valence-electron chi connectivity index (χ1n) is 6.23. The second-order valence-electron chi connectivity index (χ2n) is 4.34. The van der Waals surface area contributed by atoms with E-state index >= 15 is 0 Å². The van der Waals surface area contributed by atoms with Crippen LogP contribution in [0, 0.1) is 6.92 Å². The number of halogens is 1. The molecule has 2 rings (SSSR count). The minimum absolute atomic E-state index is 0.797. The number of hydrogen-bond acceptors (Lipinski definition) is 2. The van der Waals surface area contributed by atoms with E-state index in [1.54, 1.807) is 0 Å². The SMILES string of the molecule is CCCNCc1nc(-c2ccc(Br)cc2)c(C)[nH]1. The standard InChI is InChI=1S/C14H18BrN3/c1-3-8-16-9-13-17-10(2)14(18-13)11-4-6-12(15)7-5-11/h4-7,16H,3,8-9H2,1-2H3,(H,17,18). The Morgan fingerprint density at radius 3 is 2.67 bits per heavy atom. The number of aryl methyl sites for hydroxylation is 1. The highest BCUT2D eigenvalue weighted by molar-refractivity contribution is 9.10. The van der Waals surface area contributed by atoms with Crippen molar-refractivity contribution in [2.24, 2.45) is 0 Å². The van der Waals surface area contributed by atoms with Gasteiger partial charge in [-0.25, -0.2) is 4.98 Å². The molecule has 2 aromatic rings. The van der Waals surface area contributed by atoms with E-state index in [1.165, 1.54) is 0 Å². The molecule has 1 heterocycles. The summed E-state index contributed by atoms with van der Waals surface area (Å²) >= 11 is 3.45. The van der Waals surface area contributed by atoms with Crippen molar-refractivity contribution in [3.63, 3.8) is 0 Å². The summed E-state index contributed by atoms with van der Waals surface area (Å²) in [4.78, 5) is 7.98. The van der Waals surface area contributed by atoms with Gasteiger partial charge in [0.1, 0.15) is 5.82 Å². The highest BCUT2D eigenvalue weighted by atomic mass is 79.9. The smallest absolute Gasteiger partial charge is 0.121 e. The van der Waals surface area contributed by atoms with Crippen molar-refractivity contribution in [1.29, 1.82) is 0 Å². The molecule has 0 aliphatic carbocycles. The Bertz CT molecular complexity index is 502. The van der Waals surface area contributed by atoms with Gasteiger partial charge in [-0.1, -0.05) is 35.0 Å². The van der Waals surface area contributed by atoms with Gasteiger partial charge in [0.25, 0.3) is 0 Å². The second kappa shape index (κ2) is 6.16. The Morgan fingerprint density at radius 1 is 1.28 bits per heavy atom. The van der Waals surface area contributed by atoms with E-state index < -0.39 is 0 Å². The van der Waals surface area contributed by atoms with E-state index in [-0.39, 0.29) is 0 Å². The molecule has 2 N–H and O–H groups in total. The highest BCUT2D eigenvalue weighted by Gasteiger charge is 2.08. The van der Waals surface area contributed by atoms with Gasteiger partial charge in [-0.2, -0.15) is 0 Å². The summed E-state index contributed by atoms with van der Waals surface area (Å²) in [6.07, 6.45) is 1.14. The molecule has 0 amide bonds. The lowest BCUT2D eigenvalue weighted by atomic mass is 10.1. The molecule has 0 bridgehead atoms. The summed E-state index contributed by atoms with van der Waals surface area (Å²) in [5.74, 6) is 0.999. The number of nitrogens with one attached hydrogen (secondary N) is 2. The molecule has 0 aliphatic heterocycles. The Balaban J connectivity index is 2.16. The molecule has 1 aromatic heterocycles. The van der Waals surface area contributed by atoms with Crippen LogP contribution < -0.4 is 5.32 Å². The summed E-state index contributed by atoms with van der Waals surface area (Å²) < 4.78 is 1.09. The summed E-state index contributed by atoms with van der Waals surface area (Å²) in [6.45, 7) is 6.04. The van der Waals surface area contributed by atoms with Crippen molar-refractivity contribution in [3.05, 3.63) is 40.3 Å². The van der Waals surface area contributed by atoms with Gasteiger partial charge >= 0.3 is 0 Å². The highest BCUT2D eigenvalue weighted by Crippen LogP contribution is 2.23. The van der Waals surface area contributed by atoms with Crippen LogP contribution in [0.15, 0.2) is 28.7 Å². The number of H-pyrrole nitrogens is 1. The summed E-state index contributed by atoms with van der Waals surface area (Å²) in [5, 5.41) is 3.35. The van der Waals surface area contributed by atoms with Crippen LogP contribution in [0.3, 0.4) is 0 Å². The normalized spacial score (nSPS) is 10.8. The van der Waals surface area contributed by atoms with E-state index in [0.717, 1.165) is 46.8 Å². The fraction of sp³-hybridized carbons (Fsp3) is 0.357. The van der Waals surface area contributed by atoms with E-state index in [9.17, 15) is 0 Å². The van der Waals surface area contributed by atoms with Crippen molar-refractivity contribution < 1.29 is 0 Å². The van der Waals surface area contributed by atoms with Crippen molar-refractivity contribution in [2.75, 3.05) is 6.54 Å². The van der Waals surface area contributed by atoms with Crippen molar-refractivity contribution in [1.82, 2.24) is 15.3 Å². The molecule has 0 spiro atoms. The average Bonchev–Trinajstić information content (AvgIpc) is 2.72. The van der Waals surface area contributed by atoms with Gasteiger partial charge in [-0.3, -0.25) is 0 Å². The fourth-order valence-corrected chi connectivity index (χ4v) is 2.14. The van der Waals surface area contributed by atoms with Gasteiger partial charge in [-0.05, 0) is 32.0 Å². The topological polar surface area (TPSA) is 40.7 Å². The van der Waals surface area contributed by atoms with Crippen LogP contribution in [-0.2, 0) is 6.54 Å². The van der Waals surface area contributed by atoms with Crippen LogP contribution in [0.4, 0.5) is 0 Å². The maximum atomic E-state index is 4.65. The first-order chi connectivity index (χ1) is 8.70. The molecule has 3 nitrogen and oxygen atoms in total. The van der Waals surface area contributed by atoms with E-state index in [2.05, 4.69) is 57.2 Å². The number of rotatable bonds is 5. The fourth-order valence-electron chi connectivity index (χ4n) is 1.88. The third kappa shape index (κ3) is 3.21. The molecule has 0 fully saturated rings. The zero-order valence-corrected chi connectivity index (χ0v) is 12.3. The van der Waals surface area contributed by atoms with Crippen LogP contribution in [0.5, 0.6) is 0 Å². The van der Waals surface area contributed by atoms with Gasteiger partial charge in [0, 0.05) is 15.7 Å². The lowest BCUT2D eigenvalue weighted by molar-refractivity contribution is 0.655. The monoisotopic (exact) mass is 307 g/mol. The van der Waals surface area contributed by atoms with Gasteiger partial charge < -0.3 is 10.3 Å². The minimum Gasteiger partial charge on any atom is -0.344 e. The molecule has 18 heavy (non-hydrogen) atoms. The molecular formula is C14H18BrN3. The maximum Gasteiger partial charge on any atom is 0.121 e. The third-order valence-corrected chi connectivity index (χ3v) is 3.30. The first kappa shape index (κ1) is 13.3. The van der Waals surface area contributed by atoms with Crippen molar-refractivity contribution in [3.8, 4) is 11.3 Å². The first-order valence-corrected chi connectivity index (χ1v) is 7.02. The predicted octanol–water partition coefficient (Wildman–Crippen LogP) is 3.65. The van der Waals surface area contributed by atoms with Crippen molar-refractivity contribution in [2.45, 2.75) is 26.8 Å². The molecule has 0 aliphatic rings. The number of nitrogens with zero attached hydrogens (tertiary/aromatic N) is 1. The molecular weight excluding hydrogens is 290 g/mol. The zero-order chi connectivity index (χ0) is 13.0. The Kier molecular flexibility index (Phi) is 4.55. The zero-order valence-electron chi connectivity index (χ0n) is 10.8. The van der Waals surface area contributed by atoms with Crippen LogP contribution in [0.1, 0.15) is 24.9 Å². The molecule has 1 aromatic carbocycles. The number of aromatic nitrogens is 2. The van der Waals surface area contributed by atoms with E-state index in [1.807, 2.05) is 12.1 Å². The molecule has 0 saturated heterocycles. The largest absolute Gasteiger partial charge is 0.344 e. The van der Waals surface area contributed by atoms with Crippen LogP contribution in [0.25, 0.3) is 11.3 Å².